The summed E-state index contributed by atoms with van der Waals surface area (Å²) in [6.07, 6.45) is 0. The fraction of sp³-hybridized carbons (Fsp3) is 0.714. The van der Waals surface area contributed by atoms with Crippen LogP contribution in [0.15, 0.2) is 0 Å². The van der Waals surface area contributed by atoms with E-state index in [0.717, 1.165) is 0 Å². The monoisotopic (exact) mass is 160 g/mol. The highest BCUT2D eigenvalue weighted by atomic mass is 16.7. The summed E-state index contributed by atoms with van der Waals surface area (Å²) >= 11 is 0. The Labute approximate surface area is 65.5 Å². The first-order valence-corrected chi connectivity index (χ1v) is 3.13. The van der Waals surface area contributed by atoms with E-state index in [-0.39, 0.29) is 0 Å². The molecule has 0 aromatic rings. The summed E-state index contributed by atoms with van der Waals surface area (Å²) in [6, 6.07) is 0. The van der Waals surface area contributed by atoms with Gasteiger partial charge in [-0.15, -0.1) is 0 Å². The van der Waals surface area contributed by atoms with Crippen LogP contribution in [0.3, 0.4) is 0 Å². The minimum Gasteiger partial charge on any atom is -0.341 e. The molecule has 0 bridgehead atoms. The van der Waals surface area contributed by atoms with Crippen LogP contribution >= 0.6 is 0 Å². The van der Waals surface area contributed by atoms with Crippen molar-refractivity contribution in [1.29, 1.82) is 0 Å². The van der Waals surface area contributed by atoms with E-state index in [1.165, 1.54) is 28.1 Å². The number of carbonyl (C=O) groups is 2. The lowest BCUT2D eigenvalue weighted by molar-refractivity contribution is -0.204. The van der Waals surface area contributed by atoms with E-state index in [1.54, 1.807) is 0 Å². The minimum atomic E-state index is -1.69. The molecule has 64 valence electrons. The number of Topliss-reactive ketones (excluding diaryl/α,β-unsaturated/α-hetero) is 2. The molecule has 0 N–H and O–H groups in total. The summed E-state index contributed by atoms with van der Waals surface area (Å²) in [5.41, 5.74) is 0. The Balaban J connectivity index is 4.76. The van der Waals surface area contributed by atoms with E-state index < -0.39 is 17.4 Å². The molecule has 0 rings (SSSR count). The van der Waals surface area contributed by atoms with E-state index >= 15 is 0 Å². The number of hydrogen-bond donors (Lipinski definition) is 0. The molecule has 0 heterocycles. The molecule has 0 aliphatic heterocycles. The molecule has 4 nitrogen and oxygen atoms in total. The summed E-state index contributed by atoms with van der Waals surface area (Å²) < 4.78 is 9.38. The Bertz CT molecular complexity index is 153. The summed E-state index contributed by atoms with van der Waals surface area (Å²) in [4.78, 5) is 21.8. The molecule has 0 saturated heterocycles. The van der Waals surface area contributed by atoms with Crippen LogP contribution in [-0.4, -0.2) is 31.6 Å². The van der Waals surface area contributed by atoms with Crippen molar-refractivity contribution < 1.29 is 19.1 Å². The average molecular weight is 160 g/mol. The standard InChI is InChI=1S/C7H12O4/c1-5(8)7(10-3,11-4)6(2)9/h1-4H3. The summed E-state index contributed by atoms with van der Waals surface area (Å²) in [5.74, 6) is -2.59. The normalized spacial score (nSPS) is 11.3. The van der Waals surface area contributed by atoms with Gasteiger partial charge in [0.05, 0.1) is 0 Å². The third kappa shape index (κ3) is 1.64. The maximum Gasteiger partial charge on any atom is 0.289 e. The summed E-state index contributed by atoms with van der Waals surface area (Å²) in [7, 11) is 2.51. The molecule has 4 heteroatoms. The maximum absolute atomic E-state index is 10.9. The van der Waals surface area contributed by atoms with Crippen molar-refractivity contribution in [1.82, 2.24) is 0 Å². The van der Waals surface area contributed by atoms with Crippen molar-refractivity contribution in [3.8, 4) is 0 Å². The van der Waals surface area contributed by atoms with Gasteiger partial charge in [0.1, 0.15) is 0 Å². The van der Waals surface area contributed by atoms with Crippen molar-refractivity contribution in [2.24, 2.45) is 0 Å². The highest BCUT2D eigenvalue weighted by Gasteiger charge is 2.40. The first-order chi connectivity index (χ1) is 5.01. The zero-order valence-corrected chi connectivity index (χ0v) is 7.13. The van der Waals surface area contributed by atoms with Crippen molar-refractivity contribution in [3.05, 3.63) is 0 Å². The Morgan fingerprint density at radius 1 is 1.00 bits per heavy atom. The summed E-state index contributed by atoms with van der Waals surface area (Å²) in [5, 5.41) is 0. The molecule has 0 amide bonds. The lowest BCUT2D eigenvalue weighted by Crippen LogP contribution is -2.47. The third-order valence-electron chi connectivity index (χ3n) is 1.50. The van der Waals surface area contributed by atoms with Crippen LogP contribution in [0.4, 0.5) is 0 Å². The van der Waals surface area contributed by atoms with Gasteiger partial charge in [0.15, 0.2) is 11.6 Å². The second-order valence-corrected chi connectivity index (χ2v) is 2.14. The molecule has 0 saturated carbocycles. The second kappa shape index (κ2) is 3.59. The van der Waals surface area contributed by atoms with Crippen LogP contribution < -0.4 is 0 Å². The molecule has 0 aliphatic carbocycles. The zero-order chi connectivity index (χ0) is 9.07. The molecule has 0 unspecified atom stereocenters. The Hall–Kier alpha value is -0.740. The van der Waals surface area contributed by atoms with Gasteiger partial charge in [-0.05, 0) is 0 Å². The molecule has 11 heavy (non-hydrogen) atoms. The fourth-order valence-corrected chi connectivity index (χ4v) is 0.906. The van der Waals surface area contributed by atoms with E-state index in [4.69, 9.17) is 0 Å². The fourth-order valence-electron chi connectivity index (χ4n) is 0.906. The number of methoxy groups -OCH3 is 2. The lowest BCUT2D eigenvalue weighted by Gasteiger charge is -2.24. The Morgan fingerprint density at radius 3 is 1.27 bits per heavy atom. The van der Waals surface area contributed by atoms with Crippen LogP contribution in [-0.2, 0) is 19.1 Å². The largest absolute Gasteiger partial charge is 0.341 e. The van der Waals surface area contributed by atoms with Gasteiger partial charge >= 0.3 is 0 Å². The molecule has 0 spiro atoms. The van der Waals surface area contributed by atoms with E-state index in [1.807, 2.05) is 0 Å². The molecule has 0 aromatic heterocycles. The van der Waals surface area contributed by atoms with E-state index in [2.05, 4.69) is 9.47 Å². The number of carbonyl (C=O) groups excluding carboxylic acids is 2. The van der Waals surface area contributed by atoms with Gasteiger partial charge in [-0.1, -0.05) is 0 Å². The lowest BCUT2D eigenvalue weighted by atomic mass is 10.1. The van der Waals surface area contributed by atoms with Gasteiger partial charge in [0, 0.05) is 28.1 Å². The van der Waals surface area contributed by atoms with Gasteiger partial charge in [0.2, 0.25) is 0 Å². The molecule has 0 aliphatic rings. The van der Waals surface area contributed by atoms with Crippen molar-refractivity contribution in [2.75, 3.05) is 14.2 Å². The highest BCUT2D eigenvalue weighted by Crippen LogP contribution is 2.13. The first kappa shape index (κ1) is 10.3. The predicted octanol–water partition coefficient (Wildman–Crippen LogP) is 0.153. The number of rotatable bonds is 4. The second-order valence-electron chi connectivity index (χ2n) is 2.14. The smallest absolute Gasteiger partial charge is 0.289 e. The Kier molecular flexibility index (Phi) is 3.35. The molecular formula is C7H12O4. The van der Waals surface area contributed by atoms with Crippen LogP contribution in [0.2, 0.25) is 0 Å². The van der Waals surface area contributed by atoms with Crippen LogP contribution in [0.25, 0.3) is 0 Å². The van der Waals surface area contributed by atoms with Gasteiger partial charge in [-0.25, -0.2) is 0 Å². The van der Waals surface area contributed by atoms with E-state index in [9.17, 15) is 9.59 Å². The van der Waals surface area contributed by atoms with Crippen molar-refractivity contribution >= 4 is 11.6 Å². The van der Waals surface area contributed by atoms with Crippen LogP contribution in [0.5, 0.6) is 0 Å². The van der Waals surface area contributed by atoms with Crippen LogP contribution in [0.1, 0.15) is 13.8 Å². The molecular weight excluding hydrogens is 148 g/mol. The number of ketones is 2. The SMILES string of the molecule is COC(OC)(C(C)=O)C(C)=O. The maximum atomic E-state index is 10.9. The summed E-state index contributed by atoms with van der Waals surface area (Å²) in [6.45, 7) is 2.49. The van der Waals surface area contributed by atoms with Crippen molar-refractivity contribution in [2.45, 2.75) is 19.6 Å². The molecule has 0 radical (unpaired) electrons. The quantitative estimate of drug-likeness (QED) is 0.434. The molecule has 0 atom stereocenters. The predicted molar refractivity (Wildman–Crippen MR) is 38.1 cm³/mol. The van der Waals surface area contributed by atoms with Gasteiger partial charge in [-0.2, -0.15) is 0 Å². The molecule has 0 fully saturated rings. The zero-order valence-electron chi connectivity index (χ0n) is 7.13. The Morgan fingerprint density at radius 2 is 1.27 bits per heavy atom. The van der Waals surface area contributed by atoms with Crippen LogP contribution in [0, 0.1) is 0 Å². The number of hydrogen-bond acceptors (Lipinski definition) is 4. The topological polar surface area (TPSA) is 52.6 Å². The van der Waals surface area contributed by atoms with Gasteiger partial charge in [-0.3, -0.25) is 9.59 Å². The van der Waals surface area contributed by atoms with Gasteiger partial charge in [0.25, 0.3) is 5.79 Å². The van der Waals surface area contributed by atoms with Gasteiger partial charge < -0.3 is 9.47 Å². The molecule has 0 aromatic carbocycles. The highest BCUT2D eigenvalue weighted by molar-refractivity contribution is 6.06. The number of ether oxygens (including phenoxy) is 2. The van der Waals surface area contributed by atoms with Crippen molar-refractivity contribution in [3.63, 3.8) is 0 Å². The average Bonchev–Trinajstić information content (AvgIpc) is 1.90. The third-order valence-corrected chi connectivity index (χ3v) is 1.50. The van der Waals surface area contributed by atoms with E-state index in [0.29, 0.717) is 0 Å². The minimum absolute atomic E-state index is 0.449. The first-order valence-electron chi connectivity index (χ1n) is 3.13.